The normalized spacial score (nSPS) is 22.1. The molecule has 1 fully saturated rings. The number of hydrogen-bond donors (Lipinski definition) is 0. The standard InChI is InChI=1S/C21H32N2O3/c1-15(2)25-19-22-23(14-24-19)16-7-9-17(10-8-16)26-18-11-20(3,4)13-21(5,6)12-18/h7-10,15,18H,11-14H2,1-6H3. The maximum Gasteiger partial charge on any atom is 0.408 e. The average Bonchev–Trinajstić information content (AvgIpc) is 2.92. The Morgan fingerprint density at radius 3 is 2.27 bits per heavy atom. The predicted molar refractivity (Wildman–Crippen MR) is 104 cm³/mol. The molecule has 3 rings (SSSR count). The van der Waals surface area contributed by atoms with Crippen LogP contribution >= 0.6 is 0 Å². The highest BCUT2D eigenvalue weighted by molar-refractivity contribution is 5.71. The van der Waals surface area contributed by atoms with E-state index in [1.165, 1.54) is 6.42 Å². The second kappa shape index (κ2) is 7.01. The first-order chi connectivity index (χ1) is 12.1. The van der Waals surface area contributed by atoms with Gasteiger partial charge in [0.15, 0.2) is 6.73 Å². The molecule has 0 bridgehead atoms. The quantitative estimate of drug-likeness (QED) is 0.744. The van der Waals surface area contributed by atoms with E-state index in [1.54, 1.807) is 5.01 Å². The molecule has 1 heterocycles. The summed E-state index contributed by atoms with van der Waals surface area (Å²) in [6.07, 6.45) is 4.07. The Morgan fingerprint density at radius 1 is 1.08 bits per heavy atom. The van der Waals surface area contributed by atoms with Gasteiger partial charge in [-0.3, -0.25) is 0 Å². The Hall–Kier alpha value is -1.91. The molecule has 0 N–H and O–H groups in total. The van der Waals surface area contributed by atoms with Gasteiger partial charge in [-0.05, 0) is 68.2 Å². The number of benzene rings is 1. The molecule has 0 amide bonds. The molecule has 5 heteroatoms. The molecule has 2 aliphatic rings. The van der Waals surface area contributed by atoms with E-state index in [0.717, 1.165) is 24.3 Å². The number of anilines is 1. The van der Waals surface area contributed by atoms with Gasteiger partial charge in [0.25, 0.3) is 0 Å². The van der Waals surface area contributed by atoms with Gasteiger partial charge in [0.05, 0.1) is 17.9 Å². The number of ether oxygens (including phenoxy) is 3. The van der Waals surface area contributed by atoms with Gasteiger partial charge in [0.1, 0.15) is 5.75 Å². The number of nitrogens with zero attached hydrogens (tertiary/aromatic N) is 2. The third-order valence-electron chi connectivity index (χ3n) is 4.80. The maximum absolute atomic E-state index is 6.31. The van der Waals surface area contributed by atoms with E-state index < -0.39 is 0 Å². The van der Waals surface area contributed by atoms with Crippen LogP contribution in [0.3, 0.4) is 0 Å². The summed E-state index contributed by atoms with van der Waals surface area (Å²) in [7, 11) is 0. The van der Waals surface area contributed by atoms with Crippen molar-refractivity contribution in [1.29, 1.82) is 0 Å². The van der Waals surface area contributed by atoms with Crippen molar-refractivity contribution in [2.45, 2.75) is 73.0 Å². The summed E-state index contributed by atoms with van der Waals surface area (Å²) >= 11 is 0. The summed E-state index contributed by atoms with van der Waals surface area (Å²) in [5.41, 5.74) is 1.60. The number of hydrazone groups is 1. The van der Waals surface area contributed by atoms with Gasteiger partial charge in [0.2, 0.25) is 0 Å². The van der Waals surface area contributed by atoms with E-state index in [1.807, 2.05) is 38.1 Å². The van der Waals surface area contributed by atoms with Crippen LogP contribution < -0.4 is 9.75 Å². The molecule has 1 aliphatic carbocycles. The molecule has 1 saturated carbocycles. The summed E-state index contributed by atoms with van der Waals surface area (Å²) in [6.45, 7) is 13.6. The predicted octanol–water partition coefficient (Wildman–Crippen LogP) is 5.16. The van der Waals surface area contributed by atoms with Crippen LogP contribution in [0.15, 0.2) is 29.4 Å². The molecule has 1 aliphatic heterocycles. The van der Waals surface area contributed by atoms with Crippen molar-refractivity contribution >= 4 is 11.8 Å². The van der Waals surface area contributed by atoms with E-state index in [-0.39, 0.29) is 12.2 Å². The molecule has 0 spiro atoms. The minimum atomic E-state index is 0.0495. The molecule has 1 aromatic rings. The third-order valence-corrected chi connectivity index (χ3v) is 4.80. The molecule has 0 atom stereocenters. The lowest BCUT2D eigenvalue weighted by Crippen LogP contribution is -2.39. The Labute approximate surface area is 157 Å². The summed E-state index contributed by atoms with van der Waals surface area (Å²) in [6, 6.07) is 8.06. The maximum atomic E-state index is 6.31. The molecule has 0 saturated heterocycles. The van der Waals surface area contributed by atoms with Gasteiger partial charge in [-0.1, -0.05) is 32.8 Å². The minimum Gasteiger partial charge on any atom is -0.490 e. The van der Waals surface area contributed by atoms with Crippen molar-refractivity contribution in [2.24, 2.45) is 15.9 Å². The zero-order valence-corrected chi connectivity index (χ0v) is 16.9. The summed E-state index contributed by atoms with van der Waals surface area (Å²) in [5.74, 6) is 0.912. The zero-order chi connectivity index (χ0) is 18.9. The second-order valence-corrected chi connectivity index (χ2v) is 9.35. The van der Waals surface area contributed by atoms with Crippen LogP contribution in [0, 0.1) is 10.8 Å². The second-order valence-electron chi connectivity index (χ2n) is 9.35. The molecule has 1 aromatic carbocycles. The summed E-state index contributed by atoms with van der Waals surface area (Å²) < 4.78 is 17.2. The highest BCUT2D eigenvalue weighted by Crippen LogP contribution is 2.46. The van der Waals surface area contributed by atoms with E-state index in [9.17, 15) is 0 Å². The topological polar surface area (TPSA) is 43.3 Å². The van der Waals surface area contributed by atoms with Crippen LogP contribution in [0.25, 0.3) is 0 Å². The summed E-state index contributed by atoms with van der Waals surface area (Å²) in [4.78, 5) is 0. The van der Waals surface area contributed by atoms with E-state index in [0.29, 0.717) is 23.6 Å². The molecule has 0 unspecified atom stereocenters. The minimum absolute atomic E-state index is 0.0495. The van der Waals surface area contributed by atoms with Gasteiger partial charge in [-0.15, -0.1) is 0 Å². The van der Waals surface area contributed by atoms with Crippen molar-refractivity contribution in [3.05, 3.63) is 24.3 Å². The average molecular weight is 360 g/mol. The van der Waals surface area contributed by atoms with Gasteiger partial charge in [-0.25, -0.2) is 5.01 Å². The van der Waals surface area contributed by atoms with E-state index in [2.05, 4.69) is 32.8 Å². The van der Waals surface area contributed by atoms with Crippen LogP contribution in [0.2, 0.25) is 0 Å². The summed E-state index contributed by atoms with van der Waals surface area (Å²) in [5, 5.41) is 6.13. The SMILES string of the molecule is CC(C)OC1=NN(c2ccc(OC3CC(C)(C)CC(C)(C)C3)cc2)CO1. The fourth-order valence-corrected chi connectivity index (χ4v) is 4.38. The Balaban J connectivity index is 1.62. The molecular weight excluding hydrogens is 328 g/mol. The molecule has 26 heavy (non-hydrogen) atoms. The lowest BCUT2D eigenvalue weighted by atomic mass is 9.64. The first-order valence-corrected chi connectivity index (χ1v) is 9.54. The van der Waals surface area contributed by atoms with Crippen LogP contribution in [-0.4, -0.2) is 25.0 Å². The largest absolute Gasteiger partial charge is 0.490 e. The van der Waals surface area contributed by atoms with Crippen molar-refractivity contribution < 1.29 is 14.2 Å². The third kappa shape index (κ3) is 4.83. The highest BCUT2D eigenvalue weighted by atomic mass is 16.7. The fourth-order valence-electron chi connectivity index (χ4n) is 4.38. The Kier molecular flexibility index (Phi) is 5.09. The van der Waals surface area contributed by atoms with Crippen LogP contribution in [0.1, 0.15) is 60.8 Å². The molecule has 144 valence electrons. The highest BCUT2D eigenvalue weighted by Gasteiger charge is 2.39. The van der Waals surface area contributed by atoms with Crippen molar-refractivity contribution in [1.82, 2.24) is 0 Å². The Bertz CT molecular complexity index is 634. The lowest BCUT2D eigenvalue weighted by Gasteiger charge is -2.44. The van der Waals surface area contributed by atoms with E-state index in [4.69, 9.17) is 14.2 Å². The lowest BCUT2D eigenvalue weighted by molar-refractivity contribution is 0.0134. The first kappa shape index (κ1) is 18.9. The van der Waals surface area contributed by atoms with Gasteiger partial charge >= 0.3 is 6.08 Å². The van der Waals surface area contributed by atoms with Crippen molar-refractivity contribution in [3.8, 4) is 5.75 Å². The van der Waals surface area contributed by atoms with Crippen molar-refractivity contribution in [2.75, 3.05) is 11.7 Å². The van der Waals surface area contributed by atoms with Gasteiger partial charge < -0.3 is 14.2 Å². The fraction of sp³-hybridized carbons (Fsp3) is 0.667. The van der Waals surface area contributed by atoms with Gasteiger partial charge in [0, 0.05) is 0 Å². The number of rotatable bonds is 4. The zero-order valence-electron chi connectivity index (χ0n) is 16.9. The molecule has 0 radical (unpaired) electrons. The molecule has 0 aromatic heterocycles. The van der Waals surface area contributed by atoms with Crippen molar-refractivity contribution in [3.63, 3.8) is 0 Å². The number of hydrogen-bond acceptors (Lipinski definition) is 5. The van der Waals surface area contributed by atoms with Gasteiger partial charge in [-0.2, -0.15) is 0 Å². The van der Waals surface area contributed by atoms with E-state index >= 15 is 0 Å². The first-order valence-electron chi connectivity index (χ1n) is 9.54. The monoisotopic (exact) mass is 360 g/mol. The Morgan fingerprint density at radius 2 is 1.69 bits per heavy atom. The molecule has 5 nitrogen and oxygen atoms in total. The smallest absolute Gasteiger partial charge is 0.408 e. The van der Waals surface area contributed by atoms with Crippen LogP contribution in [0.5, 0.6) is 5.75 Å². The van der Waals surface area contributed by atoms with Crippen LogP contribution in [-0.2, 0) is 9.47 Å². The van der Waals surface area contributed by atoms with Crippen LogP contribution in [0.4, 0.5) is 5.69 Å². The molecular formula is C21H32N2O3.